The number of anilines is 2. The Balaban J connectivity index is 1.33. The van der Waals surface area contributed by atoms with Crippen molar-refractivity contribution in [2.75, 3.05) is 10.6 Å². The standard InChI is InChI=1S/C25H23N7O2/c1-15-10-22(31-30-15)27-14-20-19-13-17(6-7-21(19)29-24(20)33)11-16-4-3-5-18(12-16)28-25(34)23-26-8-9-32(23)2/h3-10,12-14,20H,11H2,1-2H3,(H,28,34)(H,29,33)(H,30,31). The Bertz CT molecular complexity index is 1420. The van der Waals surface area contributed by atoms with E-state index in [4.69, 9.17) is 0 Å². The largest absolute Gasteiger partial charge is 0.330 e. The first-order valence-electron chi connectivity index (χ1n) is 10.8. The maximum Gasteiger partial charge on any atom is 0.291 e. The van der Waals surface area contributed by atoms with Gasteiger partial charge in [0.05, 0.1) is 0 Å². The minimum Gasteiger partial charge on any atom is -0.330 e. The quantitative estimate of drug-likeness (QED) is 0.386. The molecule has 170 valence electrons. The lowest BCUT2D eigenvalue weighted by Gasteiger charge is -2.09. The van der Waals surface area contributed by atoms with Gasteiger partial charge in [-0.05, 0) is 48.2 Å². The number of carbonyl (C=O) groups is 2. The number of hydrogen-bond donors (Lipinski definition) is 3. The molecule has 3 heterocycles. The molecule has 1 aliphatic heterocycles. The van der Waals surface area contributed by atoms with E-state index in [1.807, 2.05) is 55.5 Å². The molecule has 2 aromatic carbocycles. The zero-order chi connectivity index (χ0) is 23.7. The first-order valence-corrected chi connectivity index (χ1v) is 10.8. The van der Waals surface area contributed by atoms with Gasteiger partial charge in [0.15, 0.2) is 11.6 Å². The van der Waals surface area contributed by atoms with Crippen molar-refractivity contribution in [1.29, 1.82) is 0 Å². The minimum atomic E-state index is -0.477. The lowest BCUT2D eigenvalue weighted by Crippen LogP contribution is -2.16. The van der Waals surface area contributed by atoms with Crippen LogP contribution in [-0.2, 0) is 18.3 Å². The monoisotopic (exact) mass is 453 g/mol. The van der Waals surface area contributed by atoms with Crippen LogP contribution in [0.15, 0.2) is 65.9 Å². The fourth-order valence-corrected chi connectivity index (χ4v) is 3.98. The summed E-state index contributed by atoms with van der Waals surface area (Å²) in [6.07, 6.45) is 5.60. The number of H-pyrrole nitrogens is 1. The van der Waals surface area contributed by atoms with Crippen LogP contribution < -0.4 is 10.6 Å². The molecule has 9 nitrogen and oxygen atoms in total. The molecule has 5 rings (SSSR count). The Hall–Kier alpha value is -4.53. The molecule has 2 aromatic heterocycles. The van der Waals surface area contributed by atoms with Crippen LogP contribution in [0.1, 0.15) is 38.9 Å². The first-order chi connectivity index (χ1) is 16.5. The summed E-state index contributed by atoms with van der Waals surface area (Å²) >= 11 is 0. The second-order valence-corrected chi connectivity index (χ2v) is 8.27. The predicted molar refractivity (Wildman–Crippen MR) is 130 cm³/mol. The van der Waals surface area contributed by atoms with Crippen LogP contribution in [0.4, 0.5) is 17.2 Å². The van der Waals surface area contributed by atoms with E-state index in [1.165, 1.54) is 0 Å². The van der Waals surface area contributed by atoms with E-state index in [2.05, 4.69) is 30.8 Å². The third-order valence-corrected chi connectivity index (χ3v) is 5.66. The smallest absolute Gasteiger partial charge is 0.291 e. The molecule has 1 aliphatic rings. The lowest BCUT2D eigenvalue weighted by atomic mass is 9.96. The molecule has 0 saturated carbocycles. The number of fused-ring (bicyclic) bond motifs is 1. The van der Waals surface area contributed by atoms with E-state index in [9.17, 15) is 9.59 Å². The van der Waals surface area contributed by atoms with E-state index >= 15 is 0 Å². The Morgan fingerprint density at radius 2 is 2.06 bits per heavy atom. The van der Waals surface area contributed by atoms with Crippen molar-refractivity contribution in [3.8, 4) is 0 Å². The highest BCUT2D eigenvalue weighted by atomic mass is 16.2. The molecule has 0 spiro atoms. The summed E-state index contributed by atoms with van der Waals surface area (Å²) in [6, 6.07) is 15.5. The number of nitrogens with one attached hydrogen (secondary N) is 3. The number of imidazole rings is 1. The zero-order valence-electron chi connectivity index (χ0n) is 18.7. The van der Waals surface area contributed by atoms with Gasteiger partial charge >= 0.3 is 0 Å². The second kappa shape index (κ2) is 8.78. The van der Waals surface area contributed by atoms with Crippen LogP contribution in [0.25, 0.3) is 0 Å². The molecule has 2 amide bonds. The van der Waals surface area contributed by atoms with Crippen molar-refractivity contribution in [1.82, 2.24) is 19.7 Å². The fraction of sp³-hybridized carbons (Fsp3) is 0.160. The van der Waals surface area contributed by atoms with Gasteiger partial charge in [0.25, 0.3) is 5.91 Å². The van der Waals surface area contributed by atoms with Gasteiger partial charge in [0.2, 0.25) is 5.91 Å². The first kappa shape index (κ1) is 21.3. The molecule has 4 aromatic rings. The molecule has 1 atom stereocenters. The Kier molecular flexibility index (Phi) is 5.51. The van der Waals surface area contributed by atoms with E-state index in [-0.39, 0.29) is 11.8 Å². The Morgan fingerprint density at radius 1 is 1.21 bits per heavy atom. The van der Waals surface area contributed by atoms with E-state index in [0.29, 0.717) is 23.8 Å². The van der Waals surface area contributed by atoms with E-state index in [1.54, 1.807) is 30.2 Å². The Labute approximate surface area is 196 Å². The highest BCUT2D eigenvalue weighted by molar-refractivity contribution is 6.12. The molecule has 0 radical (unpaired) electrons. The van der Waals surface area contributed by atoms with Crippen molar-refractivity contribution < 1.29 is 9.59 Å². The molecule has 9 heteroatoms. The summed E-state index contributed by atoms with van der Waals surface area (Å²) < 4.78 is 1.67. The number of aliphatic imine (C=N–C) groups is 1. The number of aromatic amines is 1. The summed E-state index contributed by atoms with van der Waals surface area (Å²) in [5.74, 6) is 0.0386. The van der Waals surface area contributed by atoms with Crippen LogP contribution in [-0.4, -0.2) is 37.8 Å². The Morgan fingerprint density at radius 3 is 2.82 bits per heavy atom. The SMILES string of the molecule is Cc1cc(N=CC2C(=O)Nc3ccc(Cc4cccc(NC(=O)c5nccn5C)c4)cc32)n[nH]1. The molecule has 0 saturated heterocycles. The molecule has 0 aliphatic carbocycles. The van der Waals surface area contributed by atoms with Gasteiger partial charge < -0.3 is 15.2 Å². The summed E-state index contributed by atoms with van der Waals surface area (Å²) in [7, 11) is 1.78. The minimum absolute atomic E-state index is 0.109. The molecular formula is C25H23N7O2. The normalized spacial score (nSPS) is 14.9. The van der Waals surface area contributed by atoms with Crippen LogP contribution in [0.2, 0.25) is 0 Å². The summed E-state index contributed by atoms with van der Waals surface area (Å²) in [5.41, 5.74) is 5.37. The number of benzene rings is 2. The number of nitrogens with zero attached hydrogens (tertiary/aromatic N) is 4. The van der Waals surface area contributed by atoms with Gasteiger partial charge in [-0.2, -0.15) is 5.10 Å². The number of aromatic nitrogens is 4. The molecule has 3 N–H and O–H groups in total. The lowest BCUT2D eigenvalue weighted by molar-refractivity contribution is -0.115. The summed E-state index contributed by atoms with van der Waals surface area (Å²) in [6.45, 7) is 1.90. The topological polar surface area (TPSA) is 117 Å². The highest BCUT2D eigenvalue weighted by Crippen LogP contribution is 2.33. The molecule has 34 heavy (non-hydrogen) atoms. The number of aryl methyl sites for hydroxylation is 2. The van der Waals surface area contributed by atoms with E-state index in [0.717, 1.165) is 28.1 Å². The second-order valence-electron chi connectivity index (χ2n) is 8.27. The van der Waals surface area contributed by atoms with Crippen molar-refractivity contribution in [3.63, 3.8) is 0 Å². The average Bonchev–Trinajstić information content (AvgIpc) is 3.50. The van der Waals surface area contributed by atoms with Gasteiger partial charge in [-0.15, -0.1) is 0 Å². The summed E-state index contributed by atoms with van der Waals surface area (Å²) in [4.78, 5) is 33.4. The molecule has 1 unspecified atom stereocenters. The van der Waals surface area contributed by atoms with Crippen LogP contribution >= 0.6 is 0 Å². The van der Waals surface area contributed by atoms with Gasteiger partial charge in [0, 0.05) is 48.8 Å². The van der Waals surface area contributed by atoms with Crippen molar-refractivity contribution >= 4 is 35.2 Å². The zero-order valence-corrected chi connectivity index (χ0v) is 18.7. The van der Waals surface area contributed by atoms with Gasteiger partial charge in [-0.25, -0.2) is 9.98 Å². The van der Waals surface area contributed by atoms with Crippen molar-refractivity contribution in [2.45, 2.75) is 19.3 Å². The number of hydrogen-bond acceptors (Lipinski definition) is 5. The third-order valence-electron chi connectivity index (χ3n) is 5.66. The number of carbonyl (C=O) groups excluding carboxylic acids is 2. The van der Waals surface area contributed by atoms with Gasteiger partial charge in [-0.1, -0.05) is 24.3 Å². The van der Waals surface area contributed by atoms with Crippen LogP contribution in [0, 0.1) is 6.92 Å². The van der Waals surface area contributed by atoms with Gasteiger partial charge in [-0.3, -0.25) is 14.7 Å². The molecular weight excluding hydrogens is 430 g/mol. The maximum absolute atomic E-state index is 12.5. The number of rotatable bonds is 6. The van der Waals surface area contributed by atoms with Crippen molar-refractivity contribution in [2.24, 2.45) is 12.0 Å². The maximum atomic E-state index is 12.5. The van der Waals surface area contributed by atoms with E-state index < -0.39 is 5.92 Å². The fourth-order valence-electron chi connectivity index (χ4n) is 3.98. The van der Waals surface area contributed by atoms with Crippen LogP contribution in [0.3, 0.4) is 0 Å². The van der Waals surface area contributed by atoms with Gasteiger partial charge in [0.1, 0.15) is 5.92 Å². The number of amides is 2. The highest BCUT2D eigenvalue weighted by Gasteiger charge is 2.29. The molecule has 0 bridgehead atoms. The predicted octanol–water partition coefficient (Wildman–Crippen LogP) is 3.73. The van der Waals surface area contributed by atoms with Crippen molar-refractivity contribution in [3.05, 3.63) is 89.1 Å². The average molecular weight is 454 g/mol. The van der Waals surface area contributed by atoms with Crippen LogP contribution in [0.5, 0.6) is 0 Å². The third kappa shape index (κ3) is 4.36. The molecule has 0 fully saturated rings. The summed E-state index contributed by atoms with van der Waals surface area (Å²) in [5, 5.41) is 12.7.